The minimum atomic E-state index is -0.267. The number of carbonyl (C=O) groups is 2. The molecule has 6 heteroatoms. The van der Waals surface area contributed by atoms with Gasteiger partial charge in [-0.1, -0.05) is 15.9 Å². The van der Waals surface area contributed by atoms with E-state index in [0.717, 1.165) is 27.6 Å². The van der Waals surface area contributed by atoms with Gasteiger partial charge in [0.1, 0.15) is 12.0 Å². The monoisotopic (exact) mass is 349 g/mol. The zero-order chi connectivity index (χ0) is 15.6. The second kappa shape index (κ2) is 6.22. The highest BCUT2D eigenvalue weighted by Gasteiger charge is 2.17. The van der Waals surface area contributed by atoms with Crippen LogP contribution in [0.3, 0.4) is 0 Å². The zero-order valence-electron chi connectivity index (χ0n) is 12.1. The molecule has 0 saturated heterocycles. The number of benzene rings is 1. The van der Waals surface area contributed by atoms with Crippen LogP contribution in [-0.2, 0) is 18.3 Å². The number of nitrogens with zero attached hydrogens (tertiary/aromatic N) is 2. The molecule has 2 aromatic rings. The van der Waals surface area contributed by atoms with Crippen LogP contribution < -0.4 is 5.32 Å². The Morgan fingerprint density at radius 2 is 2.10 bits per heavy atom. The van der Waals surface area contributed by atoms with Gasteiger partial charge in [0.05, 0.1) is 6.20 Å². The third-order valence-corrected chi connectivity index (χ3v) is 4.14. The van der Waals surface area contributed by atoms with E-state index in [1.807, 2.05) is 26.0 Å². The molecule has 1 amide bonds. The fraction of sp³-hybridized carbons (Fsp3) is 0.267. The number of aldehydes is 1. The number of amides is 1. The number of hydrogen-bond donors (Lipinski definition) is 1. The maximum atomic E-state index is 12.4. The Kier molecular flexibility index (Phi) is 4.57. The van der Waals surface area contributed by atoms with Crippen LogP contribution >= 0.6 is 15.9 Å². The number of anilines is 1. The van der Waals surface area contributed by atoms with E-state index in [9.17, 15) is 9.59 Å². The highest BCUT2D eigenvalue weighted by Crippen LogP contribution is 2.25. The average Bonchev–Trinajstić information content (AvgIpc) is 2.77. The van der Waals surface area contributed by atoms with Crippen molar-refractivity contribution in [3.63, 3.8) is 0 Å². The minimum Gasteiger partial charge on any atom is -0.320 e. The Morgan fingerprint density at radius 3 is 2.76 bits per heavy atom. The summed E-state index contributed by atoms with van der Waals surface area (Å²) >= 11 is 3.46. The maximum Gasteiger partial charge on any atom is 0.274 e. The molecule has 0 aliphatic heterocycles. The van der Waals surface area contributed by atoms with Crippen molar-refractivity contribution in [3.05, 3.63) is 45.2 Å². The van der Waals surface area contributed by atoms with Crippen molar-refractivity contribution in [3.8, 4) is 0 Å². The summed E-state index contributed by atoms with van der Waals surface area (Å²) in [7, 11) is 1.68. The van der Waals surface area contributed by atoms with Crippen LogP contribution in [0.15, 0.2) is 22.8 Å². The summed E-state index contributed by atoms with van der Waals surface area (Å²) in [5.74, 6) is -0.267. The molecule has 0 saturated carbocycles. The van der Waals surface area contributed by atoms with Gasteiger partial charge >= 0.3 is 0 Å². The van der Waals surface area contributed by atoms with Gasteiger partial charge in [-0.25, -0.2) is 0 Å². The summed E-state index contributed by atoms with van der Waals surface area (Å²) in [6.07, 6.45) is 2.49. The van der Waals surface area contributed by atoms with Crippen molar-refractivity contribution in [1.82, 2.24) is 9.78 Å². The topological polar surface area (TPSA) is 64.0 Å². The normalized spacial score (nSPS) is 10.5. The largest absolute Gasteiger partial charge is 0.320 e. The van der Waals surface area contributed by atoms with Crippen molar-refractivity contribution < 1.29 is 9.59 Å². The molecule has 0 bridgehead atoms. The highest BCUT2D eigenvalue weighted by atomic mass is 79.9. The summed E-state index contributed by atoms with van der Waals surface area (Å²) in [6.45, 7) is 3.89. The van der Waals surface area contributed by atoms with Crippen LogP contribution in [0.1, 0.15) is 27.2 Å². The van der Waals surface area contributed by atoms with Crippen molar-refractivity contribution in [1.29, 1.82) is 0 Å². The lowest BCUT2D eigenvalue weighted by Crippen LogP contribution is -2.18. The van der Waals surface area contributed by atoms with Gasteiger partial charge in [0.15, 0.2) is 0 Å². The number of hydrogen-bond acceptors (Lipinski definition) is 3. The smallest absolute Gasteiger partial charge is 0.274 e. The predicted octanol–water partition coefficient (Wildman–Crippen LogP) is 2.79. The lowest BCUT2D eigenvalue weighted by molar-refractivity contribution is -0.107. The molecule has 0 aliphatic carbocycles. The molecule has 0 atom stereocenters. The number of aromatic nitrogens is 2. The van der Waals surface area contributed by atoms with E-state index in [-0.39, 0.29) is 12.3 Å². The first-order valence-corrected chi connectivity index (χ1v) is 7.26. The molecule has 0 spiro atoms. The van der Waals surface area contributed by atoms with E-state index in [2.05, 4.69) is 26.3 Å². The van der Waals surface area contributed by atoms with Crippen LogP contribution in [0.25, 0.3) is 0 Å². The number of rotatable bonds is 4. The molecule has 1 heterocycles. The predicted molar refractivity (Wildman–Crippen MR) is 84.5 cm³/mol. The Balaban J connectivity index is 2.32. The lowest BCUT2D eigenvalue weighted by Gasteiger charge is -2.11. The van der Waals surface area contributed by atoms with Crippen molar-refractivity contribution in [2.24, 2.45) is 7.05 Å². The van der Waals surface area contributed by atoms with Gasteiger partial charge < -0.3 is 10.1 Å². The number of nitrogens with one attached hydrogen (secondary N) is 1. The summed E-state index contributed by atoms with van der Waals surface area (Å²) in [6, 6.07) is 3.87. The molecule has 1 aromatic heterocycles. The Hall–Kier alpha value is -1.95. The van der Waals surface area contributed by atoms with E-state index >= 15 is 0 Å². The van der Waals surface area contributed by atoms with Crippen molar-refractivity contribution in [2.45, 2.75) is 20.3 Å². The van der Waals surface area contributed by atoms with E-state index in [1.54, 1.807) is 13.2 Å². The van der Waals surface area contributed by atoms with E-state index in [4.69, 9.17) is 0 Å². The van der Waals surface area contributed by atoms with E-state index < -0.39 is 0 Å². The molecule has 0 fully saturated rings. The number of halogens is 1. The number of carbonyl (C=O) groups excluding carboxylic acids is 2. The first kappa shape index (κ1) is 15.4. The maximum absolute atomic E-state index is 12.4. The first-order chi connectivity index (χ1) is 9.93. The van der Waals surface area contributed by atoms with Gasteiger partial charge in [-0.2, -0.15) is 5.10 Å². The lowest BCUT2D eigenvalue weighted by atomic mass is 10.1. The molecule has 0 unspecified atom stereocenters. The molecular weight excluding hydrogens is 334 g/mol. The molecule has 1 aromatic carbocycles. The molecule has 0 radical (unpaired) electrons. The Morgan fingerprint density at radius 1 is 1.38 bits per heavy atom. The van der Waals surface area contributed by atoms with Crippen LogP contribution in [0.4, 0.5) is 5.69 Å². The zero-order valence-corrected chi connectivity index (χ0v) is 13.7. The second-order valence-electron chi connectivity index (χ2n) is 4.88. The Labute approximate surface area is 131 Å². The van der Waals surface area contributed by atoms with Gasteiger partial charge in [-0.05, 0) is 37.1 Å². The molecule has 0 aliphatic rings. The van der Waals surface area contributed by atoms with E-state index in [1.165, 1.54) is 4.68 Å². The fourth-order valence-electron chi connectivity index (χ4n) is 2.11. The molecule has 21 heavy (non-hydrogen) atoms. The third kappa shape index (κ3) is 3.21. The summed E-state index contributed by atoms with van der Waals surface area (Å²) in [5.41, 5.74) is 3.77. The summed E-state index contributed by atoms with van der Waals surface area (Å²) in [4.78, 5) is 23.1. The summed E-state index contributed by atoms with van der Waals surface area (Å²) < 4.78 is 2.48. The van der Waals surface area contributed by atoms with Crippen molar-refractivity contribution in [2.75, 3.05) is 5.32 Å². The number of aryl methyl sites for hydroxylation is 3. The minimum absolute atomic E-state index is 0.176. The van der Waals surface area contributed by atoms with Crippen LogP contribution in [0, 0.1) is 13.8 Å². The van der Waals surface area contributed by atoms with Crippen LogP contribution in [0.2, 0.25) is 0 Å². The molecular formula is C15H16BrN3O2. The Bertz CT molecular complexity index is 707. The fourth-order valence-corrected chi connectivity index (χ4v) is 2.57. The third-order valence-electron chi connectivity index (χ3n) is 3.29. The summed E-state index contributed by atoms with van der Waals surface area (Å²) in [5, 5.41) is 6.93. The van der Waals surface area contributed by atoms with Gasteiger partial charge in [-0.15, -0.1) is 0 Å². The van der Waals surface area contributed by atoms with E-state index in [0.29, 0.717) is 11.3 Å². The first-order valence-electron chi connectivity index (χ1n) is 6.46. The molecule has 2 rings (SSSR count). The SMILES string of the molecule is Cc1cc(NC(=O)c2c(CC=O)cnn2C)c(C)cc1Br. The van der Waals surface area contributed by atoms with Crippen molar-refractivity contribution >= 4 is 33.8 Å². The average molecular weight is 350 g/mol. The molecule has 110 valence electrons. The van der Waals surface area contributed by atoms with Gasteiger partial charge in [0, 0.05) is 29.2 Å². The van der Waals surface area contributed by atoms with Crippen LogP contribution in [-0.4, -0.2) is 22.0 Å². The van der Waals surface area contributed by atoms with Crippen LogP contribution in [0.5, 0.6) is 0 Å². The van der Waals surface area contributed by atoms with Gasteiger partial charge in [0.2, 0.25) is 0 Å². The standard InChI is InChI=1S/C15H16BrN3O2/c1-9-7-13(10(2)6-12(9)16)18-15(21)14-11(4-5-20)8-17-19(14)3/h5-8H,4H2,1-3H3,(H,18,21). The van der Waals surface area contributed by atoms with Gasteiger partial charge in [0.25, 0.3) is 5.91 Å². The second-order valence-corrected chi connectivity index (χ2v) is 5.74. The van der Waals surface area contributed by atoms with Gasteiger partial charge in [-0.3, -0.25) is 9.48 Å². The highest BCUT2D eigenvalue weighted by molar-refractivity contribution is 9.10. The molecule has 1 N–H and O–H groups in total. The quantitative estimate of drug-likeness (QED) is 0.863. The molecule has 5 nitrogen and oxygen atoms in total.